The van der Waals surface area contributed by atoms with E-state index in [4.69, 9.17) is 10.00 Å². The maximum absolute atomic E-state index is 8.81. The van der Waals surface area contributed by atoms with Gasteiger partial charge in [0.05, 0.1) is 6.20 Å². The lowest BCUT2D eigenvalue weighted by Crippen LogP contribution is -2.20. The quantitative estimate of drug-likeness (QED) is 0.885. The van der Waals surface area contributed by atoms with Crippen LogP contribution in [0.5, 0.6) is 5.88 Å². The Morgan fingerprint density at radius 2 is 2.43 bits per heavy atom. The Balaban J connectivity index is 1.75. The second-order valence-electron chi connectivity index (χ2n) is 4.64. The molecule has 7 nitrogen and oxygen atoms in total. The smallest absolute Gasteiger partial charge is 0.219 e. The fourth-order valence-corrected chi connectivity index (χ4v) is 2.68. The highest BCUT2D eigenvalue weighted by atomic mass is 32.1. The van der Waals surface area contributed by atoms with Crippen molar-refractivity contribution in [3.8, 4) is 11.9 Å². The van der Waals surface area contributed by atoms with Crippen molar-refractivity contribution in [1.82, 2.24) is 20.3 Å². The van der Waals surface area contributed by atoms with Gasteiger partial charge in [0.25, 0.3) is 0 Å². The third kappa shape index (κ3) is 3.45. The molecule has 1 aliphatic heterocycles. The standard InChI is InChI=1S/C13H14N6OS/c1-8-17-11(19-13-16-7-10(5-14)21-13)4-12(18-8)20-9-2-3-15-6-9/h4,7,9,15H,2-3,6H2,1H3,(H,16,17,18,19)/t9-/m1/s1. The predicted molar refractivity (Wildman–Crippen MR) is 78.8 cm³/mol. The van der Waals surface area contributed by atoms with Crippen LogP contribution in [0.15, 0.2) is 12.3 Å². The van der Waals surface area contributed by atoms with Gasteiger partial charge in [-0.1, -0.05) is 11.3 Å². The summed E-state index contributed by atoms with van der Waals surface area (Å²) in [5, 5.41) is 15.8. The molecule has 1 saturated heterocycles. The summed E-state index contributed by atoms with van der Waals surface area (Å²) in [6.45, 7) is 3.62. The van der Waals surface area contributed by atoms with Crippen LogP contribution in [0.3, 0.4) is 0 Å². The summed E-state index contributed by atoms with van der Waals surface area (Å²) in [7, 11) is 0. The van der Waals surface area contributed by atoms with E-state index in [-0.39, 0.29) is 6.10 Å². The third-order valence-corrected chi connectivity index (χ3v) is 3.79. The van der Waals surface area contributed by atoms with Crippen LogP contribution in [0.4, 0.5) is 10.9 Å². The lowest BCUT2D eigenvalue weighted by atomic mass is 10.3. The van der Waals surface area contributed by atoms with Crippen LogP contribution in [0.25, 0.3) is 0 Å². The molecule has 21 heavy (non-hydrogen) atoms. The highest BCUT2D eigenvalue weighted by Crippen LogP contribution is 2.23. The van der Waals surface area contributed by atoms with Crippen LogP contribution in [0.2, 0.25) is 0 Å². The van der Waals surface area contributed by atoms with E-state index in [1.54, 1.807) is 6.07 Å². The van der Waals surface area contributed by atoms with Gasteiger partial charge in [0, 0.05) is 12.6 Å². The fraction of sp³-hybridized carbons (Fsp3) is 0.385. The zero-order valence-corrected chi connectivity index (χ0v) is 12.3. The summed E-state index contributed by atoms with van der Waals surface area (Å²) in [6.07, 6.45) is 2.66. The number of thiazole rings is 1. The van der Waals surface area contributed by atoms with Crippen molar-refractivity contribution in [2.45, 2.75) is 19.4 Å². The molecule has 1 atom stereocenters. The Bertz CT molecular complexity index is 674. The average Bonchev–Trinajstić information content (AvgIpc) is 3.09. The van der Waals surface area contributed by atoms with E-state index in [2.05, 4.69) is 31.7 Å². The minimum absolute atomic E-state index is 0.150. The van der Waals surface area contributed by atoms with E-state index < -0.39 is 0 Å². The van der Waals surface area contributed by atoms with E-state index in [1.165, 1.54) is 17.5 Å². The number of nitriles is 1. The number of hydrogen-bond donors (Lipinski definition) is 2. The van der Waals surface area contributed by atoms with Crippen molar-refractivity contribution >= 4 is 22.3 Å². The topological polar surface area (TPSA) is 95.8 Å². The summed E-state index contributed by atoms with van der Waals surface area (Å²) in [4.78, 5) is 13.3. The third-order valence-electron chi connectivity index (χ3n) is 2.97. The van der Waals surface area contributed by atoms with Gasteiger partial charge < -0.3 is 15.4 Å². The van der Waals surface area contributed by atoms with Gasteiger partial charge in [-0.15, -0.1) is 0 Å². The van der Waals surface area contributed by atoms with Crippen LogP contribution in [-0.4, -0.2) is 34.1 Å². The second-order valence-corrected chi connectivity index (χ2v) is 5.67. The maximum atomic E-state index is 8.81. The van der Waals surface area contributed by atoms with Gasteiger partial charge in [-0.05, 0) is 19.9 Å². The van der Waals surface area contributed by atoms with Gasteiger partial charge in [0.1, 0.15) is 28.7 Å². The number of nitrogens with zero attached hydrogens (tertiary/aromatic N) is 4. The number of hydrogen-bond acceptors (Lipinski definition) is 8. The Morgan fingerprint density at radius 3 is 3.14 bits per heavy atom. The molecule has 1 aliphatic rings. The molecule has 2 aromatic heterocycles. The first kappa shape index (κ1) is 13.7. The minimum Gasteiger partial charge on any atom is -0.473 e. The van der Waals surface area contributed by atoms with Gasteiger partial charge in [-0.3, -0.25) is 0 Å². The van der Waals surface area contributed by atoms with E-state index in [9.17, 15) is 0 Å². The SMILES string of the molecule is Cc1nc(Nc2ncc(C#N)s2)cc(O[C@@H]2CCNC2)n1. The number of aryl methyl sites for hydroxylation is 1. The summed E-state index contributed by atoms with van der Waals surface area (Å²) >= 11 is 1.28. The molecule has 8 heteroatoms. The Labute approximate surface area is 126 Å². The predicted octanol–water partition coefficient (Wildman–Crippen LogP) is 1.60. The van der Waals surface area contributed by atoms with Gasteiger partial charge in [-0.2, -0.15) is 10.2 Å². The molecule has 0 spiro atoms. The maximum Gasteiger partial charge on any atom is 0.219 e. The van der Waals surface area contributed by atoms with Gasteiger partial charge in [0.2, 0.25) is 5.88 Å². The Morgan fingerprint density at radius 1 is 1.52 bits per heavy atom. The monoisotopic (exact) mass is 302 g/mol. The Kier molecular flexibility index (Phi) is 3.94. The number of aromatic nitrogens is 3. The summed E-state index contributed by atoms with van der Waals surface area (Å²) in [5.41, 5.74) is 0. The minimum atomic E-state index is 0.150. The number of anilines is 2. The fourth-order valence-electron chi connectivity index (χ4n) is 2.06. The van der Waals surface area contributed by atoms with E-state index in [0.29, 0.717) is 27.5 Å². The Hall–Kier alpha value is -2.24. The molecule has 0 bridgehead atoms. The molecule has 0 unspecified atom stereocenters. The number of ether oxygens (including phenoxy) is 1. The lowest BCUT2D eigenvalue weighted by Gasteiger charge is -2.12. The zero-order valence-electron chi connectivity index (χ0n) is 11.5. The zero-order chi connectivity index (χ0) is 14.7. The van der Waals surface area contributed by atoms with Crippen molar-refractivity contribution in [3.63, 3.8) is 0 Å². The summed E-state index contributed by atoms with van der Waals surface area (Å²) < 4.78 is 5.84. The van der Waals surface area contributed by atoms with Crippen molar-refractivity contribution < 1.29 is 4.74 Å². The molecule has 0 amide bonds. The molecule has 1 fully saturated rings. The normalized spacial score (nSPS) is 17.4. The molecular formula is C13H14N6OS. The highest BCUT2D eigenvalue weighted by molar-refractivity contribution is 7.16. The van der Waals surface area contributed by atoms with Crippen molar-refractivity contribution in [2.75, 3.05) is 18.4 Å². The molecule has 0 aliphatic carbocycles. The molecule has 3 heterocycles. The molecule has 0 radical (unpaired) electrons. The summed E-state index contributed by atoms with van der Waals surface area (Å²) in [6, 6.07) is 3.80. The van der Waals surface area contributed by atoms with Crippen LogP contribution < -0.4 is 15.4 Å². The van der Waals surface area contributed by atoms with E-state index in [0.717, 1.165) is 19.5 Å². The average molecular weight is 302 g/mol. The highest BCUT2D eigenvalue weighted by Gasteiger charge is 2.17. The lowest BCUT2D eigenvalue weighted by molar-refractivity contribution is 0.213. The van der Waals surface area contributed by atoms with Crippen molar-refractivity contribution in [2.24, 2.45) is 0 Å². The summed E-state index contributed by atoms with van der Waals surface area (Å²) in [5.74, 6) is 1.79. The van der Waals surface area contributed by atoms with Gasteiger partial charge in [-0.25, -0.2) is 9.97 Å². The van der Waals surface area contributed by atoms with Crippen LogP contribution in [0, 0.1) is 18.3 Å². The molecule has 108 valence electrons. The first-order chi connectivity index (χ1) is 10.2. The first-order valence-electron chi connectivity index (χ1n) is 6.59. The van der Waals surface area contributed by atoms with Crippen LogP contribution in [0.1, 0.15) is 17.1 Å². The molecule has 0 aromatic carbocycles. The first-order valence-corrected chi connectivity index (χ1v) is 7.40. The molecule has 2 aromatic rings. The molecular weight excluding hydrogens is 288 g/mol. The molecule has 3 rings (SSSR count). The van der Waals surface area contributed by atoms with Gasteiger partial charge >= 0.3 is 0 Å². The van der Waals surface area contributed by atoms with Crippen LogP contribution >= 0.6 is 11.3 Å². The van der Waals surface area contributed by atoms with E-state index in [1.807, 2.05) is 6.92 Å². The second kappa shape index (κ2) is 6.03. The number of nitrogens with one attached hydrogen (secondary N) is 2. The molecule has 2 N–H and O–H groups in total. The van der Waals surface area contributed by atoms with E-state index >= 15 is 0 Å². The van der Waals surface area contributed by atoms with Crippen LogP contribution in [-0.2, 0) is 0 Å². The largest absolute Gasteiger partial charge is 0.473 e. The van der Waals surface area contributed by atoms with Gasteiger partial charge in [0.15, 0.2) is 5.13 Å². The van der Waals surface area contributed by atoms with Crippen molar-refractivity contribution in [1.29, 1.82) is 5.26 Å². The molecule has 0 saturated carbocycles. The van der Waals surface area contributed by atoms with Crippen molar-refractivity contribution in [3.05, 3.63) is 23.0 Å². The number of rotatable bonds is 4.